The third kappa shape index (κ3) is 5.12. The van der Waals surface area contributed by atoms with Crippen LogP contribution in [0.3, 0.4) is 0 Å². The van der Waals surface area contributed by atoms with Gasteiger partial charge in [0.2, 0.25) is 0 Å². The lowest BCUT2D eigenvalue weighted by Crippen LogP contribution is -2.21. The SMILES string of the molecule is CCC(C)CC(CC)Nc1cc(C)cc(Br)c1. The summed E-state index contributed by atoms with van der Waals surface area (Å²) in [5, 5.41) is 3.65. The summed E-state index contributed by atoms with van der Waals surface area (Å²) >= 11 is 3.55. The molecule has 1 aromatic rings. The van der Waals surface area contributed by atoms with Crippen LogP contribution in [-0.2, 0) is 0 Å². The molecule has 0 heterocycles. The fraction of sp³-hybridized carbons (Fsp3) is 0.600. The maximum absolute atomic E-state index is 3.65. The van der Waals surface area contributed by atoms with Crippen molar-refractivity contribution in [2.45, 2.75) is 53.0 Å². The number of rotatable bonds is 6. The summed E-state index contributed by atoms with van der Waals surface area (Å²) in [6.07, 6.45) is 3.68. The molecule has 0 aliphatic carbocycles. The molecule has 17 heavy (non-hydrogen) atoms. The molecular formula is C15H24BrN. The summed E-state index contributed by atoms with van der Waals surface area (Å²) in [7, 11) is 0. The lowest BCUT2D eigenvalue weighted by molar-refractivity contribution is 0.462. The van der Waals surface area contributed by atoms with E-state index in [1.807, 2.05) is 0 Å². The highest BCUT2D eigenvalue weighted by molar-refractivity contribution is 9.10. The van der Waals surface area contributed by atoms with Crippen LogP contribution >= 0.6 is 15.9 Å². The largest absolute Gasteiger partial charge is 0.382 e. The predicted molar refractivity (Wildman–Crippen MR) is 80.7 cm³/mol. The van der Waals surface area contributed by atoms with E-state index in [4.69, 9.17) is 0 Å². The first-order valence-electron chi connectivity index (χ1n) is 6.58. The van der Waals surface area contributed by atoms with Crippen LogP contribution in [0.4, 0.5) is 5.69 Å². The van der Waals surface area contributed by atoms with E-state index < -0.39 is 0 Å². The summed E-state index contributed by atoms with van der Waals surface area (Å²) < 4.78 is 1.15. The number of hydrogen-bond acceptors (Lipinski definition) is 1. The van der Waals surface area contributed by atoms with E-state index in [-0.39, 0.29) is 0 Å². The minimum Gasteiger partial charge on any atom is -0.382 e. The van der Waals surface area contributed by atoms with Crippen LogP contribution in [-0.4, -0.2) is 6.04 Å². The summed E-state index contributed by atoms with van der Waals surface area (Å²) in [5.41, 5.74) is 2.52. The number of aryl methyl sites for hydroxylation is 1. The van der Waals surface area contributed by atoms with Gasteiger partial charge in [0.05, 0.1) is 0 Å². The van der Waals surface area contributed by atoms with E-state index in [0.717, 1.165) is 10.4 Å². The Kier molecular flexibility index (Phi) is 6.04. The van der Waals surface area contributed by atoms with Crippen LogP contribution in [0.2, 0.25) is 0 Å². The van der Waals surface area contributed by atoms with Crippen LogP contribution in [0.15, 0.2) is 22.7 Å². The smallest absolute Gasteiger partial charge is 0.0356 e. The summed E-state index contributed by atoms with van der Waals surface area (Å²) in [5.74, 6) is 0.792. The van der Waals surface area contributed by atoms with Crippen molar-refractivity contribution in [3.05, 3.63) is 28.2 Å². The Hall–Kier alpha value is -0.500. The first kappa shape index (κ1) is 14.6. The van der Waals surface area contributed by atoms with Crippen molar-refractivity contribution in [3.8, 4) is 0 Å². The zero-order chi connectivity index (χ0) is 12.8. The van der Waals surface area contributed by atoms with E-state index in [0.29, 0.717) is 6.04 Å². The lowest BCUT2D eigenvalue weighted by atomic mass is 9.97. The molecule has 0 saturated heterocycles. The molecular weight excluding hydrogens is 274 g/mol. The van der Waals surface area contributed by atoms with Crippen molar-refractivity contribution in [1.82, 2.24) is 0 Å². The van der Waals surface area contributed by atoms with Gasteiger partial charge in [-0.1, -0.05) is 43.1 Å². The molecule has 0 radical (unpaired) electrons. The van der Waals surface area contributed by atoms with Gasteiger partial charge in [0.25, 0.3) is 0 Å². The molecule has 0 aliphatic heterocycles. The quantitative estimate of drug-likeness (QED) is 0.743. The summed E-state index contributed by atoms with van der Waals surface area (Å²) in [6, 6.07) is 7.09. The van der Waals surface area contributed by atoms with Crippen molar-refractivity contribution < 1.29 is 0 Å². The zero-order valence-corrected chi connectivity index (χ0v) is 13.0. The monoisotopic (exact) mass is 297 g/mol. The Labute approximate surface area is 114 Å². The summed E-state index contributed by atoms with van der Waals surface area (Å²) in [4.78, 5) is 0. The normalized spacial score (nSPS) is 14.4. The van der Waals surface area contributed by atoms with Gasteiger partial charge < -0.3 is 5.32 Å². The molecule has 0 fully saturated rings. The Balaban J connectivity index is 2.66. The van der Waals surface area contributed by atoms with Crippen LogP contribution < -0.4 is 5.32 Å². The zero-order valence-electron chi connectivity index (χ0n) is 11.4. The lowest BCUT2D eigenvalue weighted by Gasteiger charge is -2.22. The van der Waals surface area contributed by atoms with Crippen molar-refractivity contribution in [3.63, 3.8) is 0 Å². The second-order valence-electron chi connectivity index (χ2n) is 5.02. The Morgan fingerprint density at radius 3 is 2.41 bits per heavy atom. The maximum Gasteiger partial charge on any atom is 0.0356 e. The van der Waals surface area contributed by atoms with Gasteiger partial charge in [-0.15, -0.1) is 0 Å². The first-order chi connectivity index (χ1) is 8.05. The van der Waals surface area contributed by atoms with E-state index >= 15 is 0 Å². The number of halogens is 1. The maximum atomic E-state index is 3.65. The molecule has 1 nitrogen and oxygen atoms in total. The predicted octanol–water partition coefficient (Wildman–Crippen LogP) is 5.38. The molecule has 96 valence electrons. The van der Waals surface area contributed by atoms with Crippen LogP contribution in [0.5, 0.6) is 0 Å². The average molecular weight is 298 g/mol. The molecule has 1 rings (SSSR count). The molecule has 0 spiro atoms. The second kappa shape index (κ2) is 7.05. The number of benzene rings is 1. The molecule has 2 heteroatoms. The van der Waals surface area contributed by atoms with Gasteiger partial charge in [-0.3, -0.25) is 0 Å². The van der Waals surface area contributed by atoms with Gasteiger partial charge in [0, 0.05) is 16.2 Å². The van der Waals surface area contributed by atoms with E-state index in [9.17, 15) is 0 Å². The van der Waals surface area contributed by atoms with Crippen molar-refractivity contribution in [1.29, 1.82) is 0 Å². The number of nitrogens with one attached hydrogen (secondary N) is 1. The van der Waals surface area contributed by atoms with Gasteiger partial charge in [-0.25, -0.2) is 0 Å². The number of anilines is 1. The molecule has 0 saturated carbocycles. The Morgan fingerprint density at radius 1 is 1.18 bits per heavy atom. The van der Waals surface area contributed by atoms with E-state index in [2.05, 4.69) is 67.1 Å². The van der Waals surface area contributed by atoms with Crippen molar-refractivity contribution in [2.24, 2.45) is 5.92 Å². The Bertz CT molecular complexity index is 329. The topological polar surface area (TPSA) is 12.0 Å². The van der Waals surface area contributed by atoms with Gasteiger partial charge in [-0.05, 0) is 49.4 Å². The van der Waals surface area contributed by atoms with E-state index in [1.54, 1.807) is 0 Å². The van der Waals surface area contributed by atoms with Crippen LogP contribution in [0.25, 0.3) is 0 Å². The fourth-order valence-corrected chi connectivity index (χ4v) is 2.64. The molecule has 0 bridgehead atoms. The van der Waals surface area contributed by atoms with Crippen molar-refractivity contribution in [2.75, 3.05) is 5.32 Å². The molecule has 2 unspecified atom stereocenters. The molecule has 1 N–H and O–H groups in total. The molecule has 0 aromatic heterocycles. The van der Waals surface area contributed by atoms with Crippen molar-refractivity contribution >= 4 is 21.6 Å². The minimum absolute atomic E-state index is 0.582. The fourth-order valence-electron chi connectivity index (χ4n) is 2.04. The summed E-state index contributed by atoms with van der Waals surface area (Å²) in [6.45, 7) is 8.98. The highest BCUT2D eigenvalue weighted by Crippen LogP contribution is 2.22. The van der Waals surface area contributed by atoms with Gasteiger partial charge in [0.15, 0.2) is 0 Å². The van der Waals surface area contributed by atoms with Crippen LogP contribution in [0.1, 0.15) is 45.6 Å². The first-order valence-corrected chi connectivity index (χ1v) is 7.38. The highest BCUT2D eigenvalue weighted by atomic mass is 79.9. The third-order valence-corrected chi connectivity index (χ3v) is 3.75. The molecule has 0 amide bonds. The van der Waals surface area contributed by atoms with Gasteiger partial charge in [-0.2, -0.15) is 0 Å². The van der Waals surface area contributed by atoms with Gasteiger partial charge >= 0.3 is 0 Å². The molecule has 1 aromatic carbocycles. The average Bonchev–Trinajstić information content (AvgIpc) is 2.26. The third-order valence-electron chi connectivity index (χ3n) is 3.29. The minimum atomic E-state index is 0.582. The highest BCUT2D eigenvalue weighted by Gasteiger charge is 2.10. The molecule has 0 aliphatic rings. The standard InChI is InChI=1S/C15H24BrN/c1-5-11(3)8-14(6-2)17-15-9-12(4)7-13(16)10-15/h7,9-11,14,17H,5-6,8H2,1-4H3. The Morgan fingerprint density at radius 2 is 1.88 bits per heavy atom. The van der Waals surface area contributed by atoms with Crippen LogP contribution in [0, 0.1) is 12.8 Å². The molecule has 2 atom stereocenters. The second-order valence-corrected chi connectivity index (χ2v) is 5.93. The van der Waals surface area contributed by atoms with E-state index in [1.165, 1.54) is 30.5 Å². The van der Waals surface area contributed by atoms with Gasteiger partial charge in [0.1, 0.15) is 0 Å². The number of hydrogen-bond donors (Lipinski definition) is 1.